The molecule has 0 bridgehead atoms. The summed E-state index contributed by atoms with van der Waals surface area (Å²) in [7, 11) is 0. The molecule has 3 nitrogen and oxygen atoms in total. The lowest BCUT2D eigenvalue weighted by Gasteiger charge is -2.34. The summed E-state index contributed by atoms with van der Waals surface area (Å²) in [5.74, 6) is 2.23. The summed E-state index contributed by atoms with van der Waals surface area (Å²) in [4.78, 5) is 17.2. The van der Waals surface area contributed by atoms with Crippen molar-refractivity contribution in [3.05, 3.63) is 56.2 Å². The highest BCUT2D eigenvalue weighted by atomic mass is 35.5. The number of thiophene rings is 1. The van der Waals surface area contributed by atoms with Gasteiger partial charge >= 0.3 is 0 Å². The average Bonchev–Trinajstić information content (AvgIpc) is 3.42. The average molecular weight is 494 g/mol. The Hall–Kier alpha value is -0.910. The molecule has 0 N–H and O–H groups in total. The zero-order valence-electron chi connectivity index (χ0n) is 18.9. The largest absolute Gasteiger partial charge is 0.303 e. The number of hydrogen-bond donors (Lipinski definition) is 0. The van der Waals surface area contributed by atoms with Crippen LogP contribution in [0.5, 0.6) is 0 Å². The van der Waals surface area contributed by atoms with Crippen molar-refractivity contribution in [3.8, 4) is 0 Å². The van der Waals surface area contributed by atoms with Gasteiger partial charge in [-0.15, -0.1) is 0 Å². The monoisotopic (exact) mass is 492 g/mol. The second kappa shape index (κ2) is 11.5. The number of hydrogen-bond acceptors (Lipinski definition) is 4. The van der Waals surface area contributed by atoms with Gasteiger partial charge in [0.05, 0.1) is 0 Å². The predicted molar refractivity (Wildman–Crippen MR) is 136 cm³/mol. The van der Waals surface area contributed by atoms with Crippen molar-refractivity contribution in [1.29, 1.82) is 0 Å². The molecule has 6 heteroatoms. The van der Waals surface area contributed by atoms with Crippen molar-refractivity contribution < 1.29 is 4.79 Å². The molecule has 2 atom stereocenters. The van der Waals surface area contributed by atoms with Crippen LogP contribution in [0, 0.1) is 11.8 Å². The molecule has 2 aliphatic rings. The first-order valence-corrected chi connectivity index (χ1v) is 13.6. The van der Waals surface area contributed by atoms with Gasteiger partial charge in [-0.05, 0) is 84.3 Å². The van der Waals surface area contributed by atoms with Crippen molar-refractivity contribution in [2.24, 2.45) is 11.8 Å². The molecular weight excluding hydrogens is 459 g/mol. The number of ketones is 1. The SMILES string of the molecule is CCCC(=O)CC1CCN(C[C@H]2CN(Cc3ccc(Cl)cc3Cl)C[C@@H]2c2ccsc2)CC1. The molecule has 0 unspecified atom stereocenters. The molecule has 0 saturated carbocycles. The van der Waals surface area contributed by atoms with E-state index in [1.54, 1.807) is 11.3 Å². The minimum atomic E-state index is 0.454. The van der Waals surface area contributed by atoms with E-state index in [0.717, 1.165) is 82.0 Å². The third-order valence-electron chi connectivity index (χ3n) is 7.14. The Morgan fingerprint density at radius 2 is 1.94 bits per heavy atom. The van der Waals surface area contributed by atoms with Crippen molar-refractivity contribution in [2.45, 2.75) is 51.5 Å². The highest BCUT2D eigenvalue weighted by molar-refractivity contribution is 7.08. The molecule has 0 amide bonds. The number of halogens is 2. The lowest BCUT2D eigenvalue weighted by molar-refractivity contribution is -0.120. The Labute approximate surface area is 206 Å². The number of likely N-dealkylation sites (tertiary alicyclic amines) is 2. The highest BCUT2D eigenvalue weighted by Crippen LogP contribution is 2.36. The first-order chi connectivity index (χ1) is 15.5. The van der Waals surface area contributed by atoms with Crippen LogP contribution in [0.1, 0.15) is 56.1 Å². The molecule has 0 spiro atoms. The fraction of sp³-hybridized carbons (Fsp3) is 0.577. The number of benzene rings is 1. The topological polar surface area (TPSA) is 23.6 Å². The zero-order valence-corrected chi connectivity index (χ0v) is 21.3. The maximum atomic E-state index is 12.0. The van der Waals surface area contributed by atoms with Gasteiger partial charge in [-0.3, -0.25) is 9.69 Å². The molecule has 3 heterocycles. The van der Waals surface area contributed by atoms with E-state index in [-0.39, 0.29) is 0 Å². The smallest absolute Gasteiger partial charge is 0.133 e. The zero-order chi connectivity index (χ0) is 22.5. The van der Waals surface area contributed by atoms with E-state index in [0.29, 0.717) is 28.6 Å². The van der Waals surface area contributed by atoms with Gasteiger partial charge in [0.25, 0.3) is 0 Å². The standard InChI is InChI=1S/C26H34Cl2N2OS/c1-2-3-24(31)12-19-6-9-29(10-7-19)15-22-16-30(17-25(22)21-8-11-32-18-21)14-20-4-5-23(27)13-26(20)28/h4-5,8,11,13,18-19,22,25H,2-3,6-7,9-10,12,14-17H2,1H3/t22-,25+/m0/s1. The maximum Gasteiger partial charge on any atom is 0.133 e. The van der Waals surface area contributed by atoms with E-state index in [1.165, 1.54) is 5.56 Å². The first kappa shape index (κ1) is 24.2. The van der Waals surface area contributed by atoms with Crippen LogP contribution in [-0.2, 0) is 11.3 Å². The van der Waals surface area contributed by atoms with E-state index < -0.39 is 0 Å². The van der Waals surface area contributed by atoms with E-state index >= 15 is 0 Å². The summed E-state index contributed by atoms with van der Waals surface area (Å²) in [6, 6.07) is 8.13. The maximum absolute atomic E-state index is 12.0. The summed E-state index contributed by atoms with van der Waals surface area (Å²) in [5.41, 5.74) is 2.63. The van der Waals surface area contributed by atoms with Gasteiger partial charge in [0, 0.05) is 55.0 Å². The van der Waals surface area contributed by atoms with Crippen LogP contribution in [0.3, 0.4) is 0 Å². The van der Waals surface area contributed by atoms with Crippen LogP contribution in [-0.4, -0.2) is 48.3 Å². The molecule has 2 aliphatic heterocycles. The van der Waals surface area contributed by atoms with Crippen LogP contribution in [0.15, 0.2) is 35.0 Å². The van der Waals surface area contributed by atoms with E-state index in [1.807, 2.05) is 12.1 Å². The molecule has 0 radical (unpaired) electrons. The minimum absolute atomic E-state index is 0.454. The lowest BCUT2D eigenvalue weighted by atomic mass is 9.87. The molecule has 0 aliphatic carbocycles. The number of nitrogens with zero attached hydrogens (tertiary/aromatic N) is 2. The summed E-state index contributed by atoms with van der Waals surface area (Å²) in [5, 5.41) is 5.97. The molecule has 32 heavy (non-hydrogen) atoms. The Morgan fingerprint density at radius 1 is 1.12 bits per heavy atom. The Morgan fingerprint density at radius 3 is 2.62 bits per heavy atom. The summed E-state index contributed by atoms with van der Waals surface area (Å²) in [6.07, 6.45) is 4.84. The van der Waals surface area contributed by atoms with Crippen molar-refractivity contribution >= 4 is 40.3 Å². The summed E-state index contributed by atoms with van der Waals surface area (Å²) >= 11 is 14.3. The molecule has 2 fully saturated rings. The van der Waals surface area contributed by atoms with Gasteiger partial charge in [-0.2, -0.15) is 11.3 Å². The lowest BCUT2D eigenvalue weighted by Crippen LogP contribution is -2.39. The third-order valence-corrected chi connectivity index (χ3v) is 8.43. The van der Waals surface area contributed by atoms with Crippen LogP contribution in [0.4, 0.5) is 0 Å². The fourth-order valence-electron chi connectivity index (χ4n) is 5.44. The van der Waals surface area contributed by atoms with Crippen LogP contribution < -0.4 is 0 Å². The Bertz CT molecular complexity index is 880. The summed E-state index contributed by atoms with van der Waals surface area (Å²) in [6.45, 7) is 8.52. The van der Waals surface area contributed by atoms with E-state index in [9.17, 15) is 4.79 Å². The van der Waals surface area contributed by atoms with Crippen molar-refractivity contribution in [3.63, 3.8) is 0 Å². The minimum Gasteiger partial charge on any atom is -0.303 e. The third kappa shape index (κ3) is 6.36. The van der Waals surface area contributed by atoms with E-state index in [4.69, 9.17) is 23.2 Å². The normalized spacial score (nSPS) is 23.1. The van der Waals surface area contributed by atoms with Crippen molar-refractivity contribution in [2.75, 3.05) is 32.7 Å². The van der Waals surface area contributed by atoms with Gasteiger partial charge < -0.3 is 4.90 Å². The van der Waals surface area contributed by atoms with E-state index in [2.05, 4.69) is 39.6 Å². The quantitative estimate of drug-likeness (QED) is 0.387. The molecule has 4 rings (SSSR count). The number of Topliss-reactive ketones (excluding diaryl/α,β-unsaturated/α-hetero) is 1. The number of rotatable bonds is 9. The number of carbonyl (C=O) groups is 1. The van der Waals surface area contributed by atoms with Gasteiger partial charge in [0.15, 0.2) is 0 Å². The van der Waals surface area contributed by atoms with Crippen LogP contribution >= 0.6 is 34.5 Å². The fourth-order valence-corrected chi connectivity index (χ4v) is 6.63. The Balaban J connectivity index is 1.35. The molecule has 174 valence electrons. The van der Waals surface area contributed by atoms with Gasteiger partial charge in [0.2, 0.25) is 0 Å². The van der Waals surface area contributed by atoms with Gasteiger partial charge in [-0.25, -0.2) is 0 Å². The summed E-state index contributed by atoms with van der Waals surface area (Å²) < 4.78 is 0. The highest BCUT2D eigenvalue weighted by Gasteiger charge is 2.36. The van der Waals surface area contributed by atoms with Gasteiger partial charge in [0.1, 0.15) is 5.78 Å². The first-order valence-electron chi connectivity index (χ1n) is 11.9. The molecule has 1 aromatic carbocycles. The van der Waals surface area contributed by atoms with Crippen LogP contribution in [0.2, 0.25) is 10.0 Å². The van der Waals surface area contributed by atoms with Gasteiger partial charge in [-0.1, -0.05) is 36.2 Å². The molecular formula is C26H34Cl2N2OS. The second-order valence-corrected chi connectivity index (χ2v) is 11.2. The second-order valence-electron chi connectivity index (χ2n) is 9.59. The Kier molecular flexibility index (Phi) is 8.69. The van der Waals surface area contributed by atoms with Crippen LogP contribution in [0.25, 0.3) is 0 Å². The molecule has 2 saturated heterocycles. The molecule has 1 aromatic heterocycles. The molecule has 2 aromatic rings. The number of piperidine rings is 1. The van der Waals surface area contributed by atoms with Crippen molar-refractivity contribution in [1.82, 2.24) is 9.80 Å². The number of carbonyl (C=O) groups excluding carboxylic acids is 1. The predicted octanol–water partition coefficient (Wildman–Crippen LogP) is 6.74.